The second-order valence-electron chi connectivity index (χ2n) is 5.12. The summed E-state index contributed by atoms with van der Waals surface area (Å²) in [6.07, 6.45) is 5.34. The minimum atomic E-state index is 0.563. The second-order valence-corrected chi connectivity index (χ2v) is 5.12. The molecule has 1 saturated heterocycles. The Morgan fingerprint density at radius 3 is 2.33 bits per heavy atom. The van der Waals surface area contributed by atoms with Crippen LogP contribution in [0.15, 0.2) is 0 Å². The molecule has 0 aromatic heterocycles. The zero-order valence-corrected chi connectivity index (χ0v) is 10.7. The van der Waals surface area contributed by atoms with Crippen LogP contribution in [0.2, 0.25) is 0 Å². The van der Waals surface area contributed by atoms with Crippen molar-refractivity contribution in [2.24, 2.45) is 5.41 Å². The highest BCUT2D eigenvalue weighted by Crippen LogP contribution is 2.31. The number of hydrogen-bond acceptors (Lipinski definition) is 2. The van der Waals surface area contributed by atoms with Crippen molar-refractivity contribution in [3.8, 4) is 0 Å². The Hall–Kier alpha value is -0.0800. The highest BCUT2D eigenvalue weighted by molar-refractivity contribution is 4.75. The van der Waals surface area contributed by atoms with E-state index < -0.39 is 0 Å². The molecule has 1 aliphatic heterocycles. The molecule has 0 radical (unpaired) electrons. The van der Waals surface area contributed by atoms with Gasteiger partial charge in [-0.25, -0.2) is 0 Å². The molecule has 1 heterocycles. The molecule has 1 aliphatic rings. The van der Waals surface area contributed by atoms with Gasteiger partial charge in [0.05, 0.1) is 13.2 Å². The average Bonchev–Trinajstić information content (AvgIpc) is 2.28. The zero-order valence-electron chi connectivity index (χ0n) is 10.7. The molecule has 0 aromatic carbocycles. The number of morpholine rings is 1. The summed E-state index contributed by atoms with van der Waals surface area (Å²) in [5.41, 5.74) is 0.563. The standard InChI is InChI=1S/C13H27NO/c1-4-6-13(3,5-2)7-8-14-9-11-15-12-10-14/h4-12H2,1-3H3. The third-order valence-electron chi connectivity index (χ3n) is 3.84. The molecule has 1 fully saturated rings. The molecule has 2 nitrogen and oxygen atoms in total. The van der Waals surface area contributed by atoms with Gasteiger partial charge in [0.1, 0.15) is 0 Å². The van der Waals surface area contributed by atoms with Gasteiger partial charge in [0.15, 0.2) is 0 Å². The van der Waals surface area contributed by atoms with Crippen molar-refractivity contribution >= 4 is 0 Å². The predicted molar refractivity (Wildman–Crippen MR) is 65.2 cm³/mol. The number of ether oxygens (including phenoxy) is 1. The number of hydrogen-bond donors (Lipinski definition) is 0. The van der Waals surface area contributed by atoms with Gasteiger partial charge in [-0.15, -0.1) is 0 Å². The first kappa shape index (κ1) is 13.0. The molecule has 0 bridgehead atoms. The molecule has 1 rings (SSSR count). The van der Waals surface area contributed by atoms with Crippen LogP contribution in [0.5, 0.6) is 0 Å². The van der Waals surface area contributed by atoms with E-state index in [-0.39, 0.29) is 0 Å². The lowest BCUT2D eigenvalue weighted by molar-refractivity contribution is 0.0310. The van der Waals surface area contributed by atoms with Crippen molar-refractivity contribution in [2.45, 2.75) is 46.5 Å². The molecule has 0 aromatic rings. The van der Waals surface area contributed by atoms with Crippen LogP contribution in [-0.4, -0.2) is 37.7 Å². The summed E-state index contributed by atoms with van der Waals surface area (Å²) in [5, 5.41) is 0. The minimum absolute atomic E-state index is 0.563. The van der Waals surface area contributed by atoms with Gasteiger partial charge in [-0.3, -0.25) is 4.90 Å². The first-order chi connectivity index (χ1) is 7.20. The maximum absolute atomic E-state index is 5.36. The van der Waals surface area contributed by atoms with E-state index >= 15 is 0 Å². The van der Waals surface area contributed by atoms with Crippen molar-refractivity contribution < 1.29 is 4.74 Å². The van der Waals surface area contributed by atoms with E-state index in [1.807, 2.05) is 0 Å². The minimum Gasteiger partial charge on any atom is -0.379 e. The van der Waals surface area contributed by atoms with Gasteiger partial charge in [0, 0.05) is 13.1 Å². The fourth-order valence-electron chi connectivity index (χ4n) is 2.33. The third kappa shape index (κ3) is 4.52. The van der Waals surface area contributed by atoms with Crippen LogP contribution in [0.1, 0.15) is 46.5 Å². The molecule has 0 N–H and O–H groups in total. The zero-order chi connectivity index (χ0) is 11.1. The second kappa shape index (κ2) is 6.49. The maximum Gasteiger partial charge on any atom is 0.0594 e. The van der Waals surface area contributed by atoms with Crippen LogP contribution >= 0.6 is 0 Å². The number of rotatable bonds is 6. The summed E-state index contributed by atoms with van der Waals surface area (Å²) in [7, 11) is 0. The lowest BCUT2D eigenvalue weighted by Gasteiger charge is -2.33. The van der Waals surface area contributed by atoms with E-state index in [1.165, 1.54) is 32.2 Å². The summed E-state index contributed by atoms with van der Waals surface area (Å²) in [4.78, 5) is 2.55. The third-order valence-corrected chi connectivity index (χ3v) is 3.84. The van der Waals surface area contributed by atoms with Gasteiger partial charge >= 0.3 is 0 Å². The van der Waals surface area contributed by atoms with Crippen LogP contribution in [0.3, 0.4) is 0 Å². The molecule has 15 heavy (non-hydrogen) atoms. The summed E-state index contributed by atoms with van der Waals surface area (Å²) in [6, 6.07) is 0. The summed E-state index contributed by atoms with van der Waals surface area (Å²) < 4.78 is 5.36. The summed E-state index contributed by atoms with van der Waals surface area (Å²) in [5.74, 6) is 0. The Labute approximate surface area is 95.0 Å². The topological polar surface area (TPSA) is 12.5 Å². The first-order valence-electron chi connectivity index (χ1n) is 6.50. The van der Waals surface area contributed by atoms with Crippen molar-refractivity contribution in [2.75, 3.05) is 32.8 Å². The molecule has 1 unspecified atom stereocenters. The van der Waals surface area contributed by atoms with E-state index in [2.05, 4.69) is 25.7 Å². The molecule has 2 heteroatoms. The van der Waals surface area contributed by atoms with E-state index in [1.54, 1.807) is 0 Å². The summed E-state index contributed by atoms with van der Waals surface area (Å²) >= 11 is 0. The smallest absolute Gasteiger partial charge is 0.0594 e. The van der Waals surface area contributed by atoms with Crippen molar-refractivity contribution in [1.82, 2.24) is 4.90 Å². The fourth-order valence-corrected chi connectivity index (χ4v) is 2.33. The van der Waals surface area contributed by atoms with Crippen LogP contribution in [0.4, 0.5) is 0 Å². The lowest BCUT2D eigenvalue weighted by atomic mass is 9.80. The molecule has 0 saturated carbocycles. The molecule has 0 aliphatic carbocycles. The van der Waals surface area contributed by atoms with Gasteiger partial charge in [-0.1, -0.05) is 33.6 Å². The molecule has 0 spiro atoms. The van der Waals surface area contributed by atoms with E-state index in [4.69, 9.17) is 4.74 Å². The van der Waals surface area contributed by atoms with Crippen molar-refractivity contribution in [1.29, 1.82) is 0 Å². The predicted octanol–water partition coefficient (Wildman–Crippen LogP) is 2.93. The Kier molecular flexibility index (Phi) is 5.62. The van der Waals surface area contributed by atoms with Crippen LogP contribution in [-0.2, 0) is 4.74 Å². The monoisotopic (exact) mass is 213 g/mol. The molecular weight excluding hydrogens is 186 g/mol. The largest absolute Gasteiger partial charge is 0.379 e. The van der Waals surface area contributed by atoms with Gasteiger partial charge in [-0.2, -0.15) is 0 Å². The first-order valence-corrected chi connectivity index (χ1v) is 6.50. The van der Waals surface area contributed by atoms with Gasteiger partial charge in [0.25, 0.3) is 0 Å². The highest BCUT2D eigenvalue weighted by Gasteiger charge is 2.22. The lowest BCUT2D eigenvalue weighted by Crippen LogP contribution is -2.38. The molecule has 1 atom stereocenters. The quantitative estimate of drug-likeness (QED) is 0.672. The molecule has 90 valence electrons. The SMILES string of the molecule is CCCC(C)(CC)CCN1CCOCC1. The Balaban J connectivity index is 2.25. The normalized spacial score (nSPS) is 22.6. The maximum atomic E-state index is 5.36. The van der Waals surface area contributed by atoms with Gasteiger partial charge < -0.3 is 4.74 Å². The fraction of sp³-hybridized carbons (Fsp3) is 1.00. The highest BCUT2D eigenvalue weighted by atomic mass is 16.5. The van der Waals surface area contributed by atoms with Crippen molar-refractivity contribution in [3.05, 3.63) is 0 Å². The Morgan fingerprint density at radius 1 is 1.13 bits per heavy atom. The van der Waals surface area contributed by atoms with Crippen LogP contribution in [0.25, 0.3) is 0 Å². The van der Waals surface area contributed by atoms with Gasteiger partial charge in [-0.05, 0) is 24.8 Å². The van der Waals surface area contributed by atoms with E-state index in [0.717, 1.165) is 26.3 Å². The number of nitrogens with zero attached hydrogens (tertiary/aromatic N) is 1. The Bertz CT molecular complexity index is 166. The van der Waals surface area contributed by atoms with Crippen LogP contribution in [0, 0.1) is 5.41 Å². The molecular formula is C13H27NO. The average molecular weight is 213 g/mol. The van der Waals surface area contributed by atoms with Crippen molar-refractivity contribution in [3.63, 3.8) is 0 Å². The Morgan fingerprint density at radius 2 is 1.80 bits per heavy atom. The summed E-state index contributed by atoms with van der Waals surface area (Å²) in [6.45, 7) is 12.4. The van der Waals surface area contributed by atoms with E-state index in [9.17, 15) is 0 Å². The van der Waals surface area contributed by atoms with E-state index in [0.29, 0.717) is 5.41 Å². The van der Waals surface area contributed by atoms with Crippen LogP contribution < -0.4 is 0 Å². The molecule has 0 amide bonds. The van der Waals surface area contributed by atoms with Gasteiger partial charge in [0.2, 0.25) is 0 Å².